The van der Waals surface area contributed by atoms with Crippen molar-refractivity contribution in [3.05, 3.63) is 22.7 Å². The molecule has 2 aromatic rings. The number of aryl methyl sites for hydroxylation is 1. The van der Waals surface area contributed by atoms with Crippen molar-refractivity contribution in [2.75, 3.05) is 5.73 Å². The van der Waals surface area contributed by atoms with Gasteiger partial charge in [0.2, 0.25) is 0 Å². The smallest absolute Gasteiger partial charge is 0.263 e. The molecule has 1 amide bonds. The minimum Gasteiger partial charge on any atom is -0.397 e. The monoisotopic (exact) mass is 289 g/mol. The number of aromatic nitrogens is 1. The molecule has 1 aliphatic carbocycles. The van der Waals surface area contributed by atoms with Crippen molar-refractivity contribution in [1.29, 1.82) is 0 Å². The second kappa shape index (κ2) is 5.40. The average Bonchev–Trinajstić information content (AvgIpc) is 3.19. The highest BCUT2D eigenvalue weighted by atomic mass is 32.1. The third-order valence-electron chi connectivity index (χ3n) is 3.56. The summed E-state index contributed by atoms with van der Waals surface area (Å²) in [6, 6.07) is 4.36. The Balaban J connectivity index is 1.89. The zero-order chi connectivity index (χ0) is 14.1. The van der Waals surface area contributed by atoms with Gasteiger partial charge >= 0.3 is 0 Å². The van der Waals surface area contributed by atoms with Crippen LogP contribution in [0.2, 0.25) is 0 Å². The first kappa shape index (κ1) is 13.4. The van der Waals surface area contributed by atoms with E-state index < -0.39 is 0 Å². The molecule has 5 heteroatoms. The predicted octanol–water partition coefficient (Wildman–Crippen LogP) is 3.11. The number of carbonyl (C=O) groups excluding carboxylic acids is 1. The maximum Gasteiger partial charge on any atom is 0.263 e. The van der Waals surface area contributed by atoms with E-state index in [2.05, 4.69) is 17.2 Å². The van der Waals surface area contributed by atoms with Gasteiger partial charge in [0, 0.05) is 17.1 Å². The first-order valence-corrected chi connectivity index (χ1v) is 7.99. The molecule has 1 saturated carbocycles. The van der Waals surface area contributed by atoms with Crippen LogP contribution in [0.1, 0.15) is 48.0 Å². The molecule has 3 N–H and O–H groups in total. The second-order valence-corrected chi connectivity index (χ2v) is 6.35. The number of amides is 1. The van der Waals surface area contributed by atoms with Crippen molar-refractivity contribution >= 4 is 33.1 Å². The Hall–Kier alpha value is -1.62. The lowest BCUT2D eigenvalue weighted by atomic mass is 10.1. The molecular weight excluding hydrogens is 270 g/mol. The van der Waals surface area contributed by atoms with Gasteiger partial charge in [-0.1, -0.05) is 13.3 Å². The minimum atomic E-state index is -0.0527. The summed E-state index contributed by atoms with van der Waals surface area (Å²) < 4.78 is 0. The quantitative estimate of drug-likeness (QED) is 0.888. The van der Waals surface area contributed by atoms with Gasteiger partial charge in [0.05, 0.1) is 5.69 Å². The summed E-state index contributed by atoms with van der Waals surface area (Å²) in [4.78, 5) is 18.2. The van der Waals surface area contributed by atoms with Gasteiger partial charge in [-0.2, -0.15) is 0 Å². The van der Waals surface area contributed by atoms with E-state index in [4.69, 9.17) is 5.73 Å². The maximum absolute atomic E-state index is 12.1. The van der Waals surface area contributed by atoms with Crippen molar-refractivity contribution in [1.82, 2.24) is 10.3 Å². The Morgan fingerprint density at radius 2 is 2.30 bits per heavy atom. The van der Waals surface area contributed by atoms with Gasteiger partial charge < -0.3 is 11.1 Å². The predicted molar refractivity (Wildman–Crippen MR) is 83.1 cm³/mol. The lowest BCUT2D eigenvalue weighted by molar-refractivity contribution is 0.0956. The van der Waals surface area contributed by atoms with Gasteiger partial charge in [0.1, 0.15) is 9.71 Å². The molecule has 20 heavy (non-hydrogen) atoms. The molecule has 2 aromatic heterocycles. The van der Waals surface area contributed by atoms with E-state index in [0.29, 0.717) is 16.6 Å². The van der Waals surface area contributed by atoms with Crippen molar-refractivity contribution in [2.24, 2.45) is 0 Å². The molecular formula is C15H19N3OS. The Labute approximate surface area is 122 Å². The maximum atomic E-state index is 12.1. The van der Waals surface area contributed by atoms with E-state index in [-0.39, 0.29) is 5.91 Å². The number of hydrogen-bond acceptors (Lipinski definition) is 4. The molecule has 0 radical (unpaired) electrons. The van der Waals surface area contributed by atoms with Crippen LogP contribution in [-0.2, 0) is 6.42 Å². The van der Waals surface area contributed by atoms with Gasteiger partial charge in [0.15, 0.2) is 0 Å². The largest absolute Gasteiger partial charge is 0.397 e. The number of nitrogens with two attached hydrogens (primary N) is 1. The van der Waals surface area contributed by atoms with Gasteiger partial charge in [-0.15, -0.1) is 11.3 Å². The zero-order valence-corrected chi connectivity index (χ0v) is 12.4. The van der Waals surface area contributed by atoms with E-state index >= 15 is 0 Å². The summed E-state index contributed by atoms with van der Waals surface area (Å²) in [5.41, 5.74) is 7.74. The van der Waals surface area contributed by atoms with Crippen LogP contribution in [-0.4, -0.2) is 16.9 Å². The summed E-state index contributed by atoms with van der Waals surface area (Å²) in [5, 5.41) is 3.88. The molecule has 0 saturated heterocycles. The number of thiophene rings is 1. The number of nitrogen functional groups attached to an aromatic ring is 1. The summed E-state index contributed by atoms with van der Waals surface area (Å²) in [5.74, 6) is -0.0527. The average molecular weight is 289 g/mol. The second-order valence-electron chi connectivity index (χ2n) is 5.35. The number of fused-ring (bicyclic) bond motifs is 1. The van der Waals surface area contributed by atoms with Gasteiger partial charge in [-0.25, -0.2) is 4.98 Å². The molecule has 3 rings (SSSR count). The number of nitrogens with zero attached hydrogens (tertiary/aromatic N) is 1. The minimum absolute atomic E-state index is 0.0527. The molecule has 0 spiro atoms. The van der Waals surface area contributed by atoms with Crippen LogP contribution in [0.15, 0.2) is 12.1 Å². The Kier molecular flexibility index (Phi) is 3.61. The van der Waals surface area contributed by atoms with Crippen molar-refractivity contribution in [2.45, 2.75) is 45.1 Å². The van der Waals surface area contributed by atoms with Crippen LogP contribution in [0.5, 0.6) is 0 Å². The highest BCUT2D eigenvalue weighted by Crippen LogP contribution is 2.33. The van der Waals surface area contributed by atoms with Crippen LogP contribution in [0.25, 0.3) is 10.2 Å². The van der Waals surface area contributed by atoms with E-state index in [0.717, 1.165) is 48.0 Å². The van der Waals surface area contributed by atoms with Crippen molar-refractivity contribution in [3.63, 3.8) is 0 Å². The van der Waals surface area contributed by atoms with Crippen LogP contribution < -0.4 is 11.1 Å². The lowest BCUT2D eigenvalue weighted by Gasteiger charge is -2.01. The number of nitrogens with one attached hydrogen (secondary N) is 1. The number of pyridine rings is 1. The molecule has 1 aliphatic rings. The Morgan fingerprint density at radius 1 is 1.50 bits per heavy atom. The molecule has 0 aromatic carbocycles. The Morgan fingerprint density at radius 3 is 3.00 bits per heavy atom. The molecule has 0 bridgehead atoms. The summed E-state index contributed by atoms with van der Waals surface area (Å²) in [6.45, 7) is 2.17. The fraction of sp³-hybridized carbons (Fsp3) is 0.467. The molecule has 4 nitrogen and oxygen atoms in total. The fourth-order valence-corrected chi connectivity index (χ4v) is 3.20. The number of unbranched alkanes of at least 4 members (excludes halogenated alkanes) is 1. The summed E-state index contributed by atoms with van der Waals surface area (Å²) in [6.07, 6.45) is 5.43. The molecule has 106 valence electrons. The van der Waals surface area contributed by atoms with E-state index in [1.807, 2.05) is 12.1 Å². The third kappa shape index (κ3) is 2.63. The number of carbonyl (C=O) groups is 1. The summed E-state index contributed by atoms with van der Waals surface area (Å²) >= 11 is 1.40. The molecule has 0 unspecified atom stereocenters. The van der Waals surface area contributed by atoms with Crippen LogP contribution in [0.4, 0.5) is 5.69 Å². The lowest BCUT2D eigenvalue weighted by Crippen LogP contribution is -2.25. The zero-order valence-electron chi connectivity index (χ0n) is 11.6. The number of rotatable bonds is 5. The number of hydrogen-bond donors (Lipinski definition) is 2. The standard InChI is InChI=1S/C15H19N3OS/c1-2-3-4-9-7-8-11-12(16)13(20-15(11)18-9)14(19)17-10-5-6-10/h7-8,10H,2-6,16H2,1H3,(H,17,19). The van der Waals surface area contributed by atoms with Gasteiger partial charge in [0.25, 0.3) is 5.91 Å². The highest BCUT2D eigenvalue weighted by Gasteiger charge is 2.26. The van der Waals surface area contributed by atoms with Gasteiger partial charge in [-0.3, -0.25) is 4.79 Å². The van der Waals surface area contributed by atoms with Crippen molar-refractivity contribution in [3.8, 4) is 0 Å². The molecule has 1 fully saturated rings. The van der Waals surface area contributed by atoms with Crippen molar-refractivity contribution < 1.29 is 4.79 Å². The number of anilines is 1. The SMILES string of the molecule is CCCCc1ccc2c(N)c(C(=O)NC3CC3)sc2n1. The van der Waals surface area contributed by atoms with E-state index in [1.165, 1.54) is 11.3 Å². The first-order valence-electron chi connectivity index (χ1n) is 7.17. The van der Waals surface area contributed by atoms with Crippen LogP contribution >= 0.6 is 11.3 Å². The summed E-state index contributed by atoms with van der Waals surface area (Å²) in [7, 11) is 0. The fourth-order valence-electron chi connectivity index (χ4n) is 2.18. The normalized spacial score (nSPS) is 14.7. The molecule has 2 heterocycles. The van der Waals surface area contributed by atoms with E-state index in [9.17, 15) is 4.79 Å². The van der Waals surface area contributed by atoms with Crippen LogP contribution in [0.3, 0.4) is 0 Å². The molecule has 0 atom stereocenters. The topological polar surface area (TPSA) is 68.0 Å². The Bertz CT molecular complexity index is 646. The highest BCUT2D eigenvalue weighted by molar-refractivity contribution is 7.21. The van der Waals surface area contributed by atoms with Crippen LogP contribution in [0, 0.1) is 0 Å². The van der Waals surface area contributed by atoms with Gasteiger partial charge in [-0.05, 0) is 37.8 Å². The molecule has 0 aliphatic heterocycles. The van der Waals surface area contributed by atoms with E-state index in [1.54, 1.807) is 0 Å². The third-order valence-corrected chi connectivity index (χ3v) is 4.67. The first-order chi connectivity index (χ1) is 9.69.